The highest BCUT2D eigenvalue weighted by Crippen LogP contribution is 2.20. The number of nitrogens with one attached hydrogen (secondary N) is 1. The first kappa shape index (κ1) is 13.8. The second kappa shape index (κ2) is 6.47. The predicted octanol–water partition coefficient (Wildman–Crippen LogP) is 2.62. The number of benzene rings is 1. The van der Waals surface area contributed by atoms with Crippen LogP contribution in [0.2, 0.25) is 0 Å². The maximum Gasteiger partial charge on any atom is 0.129 e. The minimum Gasteiger partial charge on any atom is -0.309 e. The minimum atomic E-state index is -0.811. The van der Waals surface area contributed by atoms with Gasteiger partial charge in [-0.25, -0.2) is 4.39 Å². The molecule has 0 spiro atoms. The molecular formula is C11H15BrFNOS. The molecule has 0 aliphatic carbocycles. The van der Waals surface area contributed by atoms with Crippen LogP contribution in [0.1, 0.15) is 18.5 Å². The zero-order valence-corrected chi connectivity index (χ0v) is 11.7. The molecule has 1 aromatic carbocycles. The Labute approximate surface area is 106 Å². The van der Waals surface area contributed by atoms with E-state index in [1.165, 1.54) is 6.07 Å². The van der Waals surface area contributed by atoms with Crippen molar-refractivity contribution in [1.29, 1.82) is 0 Å². The van der Waals surface area contributed by atoms with Gasteiger partial charge in [-0.05, 0) is 19.1 Å². The van der Waals surface area contributed by atoms with Crippen LogP contribution in [0.4, 0.5) is 4.39 Å². The summed E-state index contributed by atoms with van der Waals surface area (Å²) in [5.74, 6) is 0.356. The van der Waals surface area contributed by atoms with Crippen LogP contribution in [0.5, 0.6) is 0 Å². The number of rotatable bonds is 5. The van der Waals surface area contributed by atoms with Gasteiger partial charge in [0.25, 0.3) is 0 Å². The van der Waals surface area contributed by atoms with Crippen molar-refractivity contribution in [2.24, 2.45) is 0 Å². The van der Waals surface area contributed by atoms with Crippen molar-refractivity contribution < 1.29 is 8.60 Å². The fraction of sp³-hybridized carbons (Fsp3) is 0.455. The van der Waals surface area contributed by atoms with Gasteiger partial charge in [-0.3, -0.25) is 4.21 Å². The van der Waals surface area contributed by atoms with Gasteiger partial charge in [0.05, 0.1) is 0 Å². The van der Waals surface area contributed by atoms with E-state index in [9.17, 15) is 8.60 Å². The quantitative estimate of drug-likeness (QED) is 0.906. The molecule has 0 saturated carbocycles. The predicted molar refractivity (Wildman–Crippen MR) is 69.5 cm³/mol. The Bertz CT molecular complexity index is 386. The molecule has 2 nitrogen and oxygen atoms in total. The van der Waals surface area contributed by atoms with E-state index in [0.717, 1.165) is 4.47 Å². The van der Waals surface area contributed by atoms with Crippen LogP contribution >= 0.6 is 15.9 Å². The minimum absolute atomic E-state index is 0.0725. The van der Waals surface area contributed by atoms with E-state index in [-0.39, 0.29) is 11.9 Å². The summed E-state index contributed by atoms with van der Waals surface area (Å²) in [6.45, 7) is 2.52. The van der Waals surface area contributed by atoms with Crippen molar-refractivity contribution in [2.45, 2.75) is 13.0 Å². The van der Waals surface area contributed by atoms with Crippen LogP contribution in [0.15, 0.2) is 22.7 Å². The maximum atomic E-state index is 13.6. The van der Waals surface area contributed by atoms with Crippen molar-refractivity contribution in [3.63, 3.8) is 0 Å². The average molecular weight is 308 g/mol. The van der Waals surface area contributed by atoms with Crippen molar-refractivity contribution in [3.05, 3.63) is 34.1 Å². The molecule has 0 radical (unpaired) electrons. The standard InChI is InChI=1S/C11H15BrFNOS/c1-8(14-5-6-16(2)15)10-4-3-9(12)7-11(10)13/h3-4,7-8,14H,5-6H2,1-2H3. The molecule has 0 saturated heterocycles. The molecule has 2 unspecified atom stereocenters. The molecule has 0 bridgehead atoms. The summed E-state index contributed by atoms with van der Waals surface area (Å²) in [6, 6.07) is 4.94. The molecule has 0 amide bonds. The third kappa shape index (κ3) is 4.31. The first-order chi connectivity index (χ1) is 7.50. The average Bonchev–Trinajstić information content (AvgIpc) is 2.16. The van der Waals surface area contributed by atoms with Crippen molar-refractivity contribution in [3.8, 4) is 0 Å². The van der Waals surface area contributed by atoms with Crippen LogP contribution in [0, 0.1) is 5.82 Å². The Morgan fingerprint density at radius 3 is 2.81 bits per heavy atom. The van der Waals surface area contributed by atoms with E-state index in [1.54, 1.807) is 12.3 Å². The highest BCUT2D eigenvalue weighted by molar-refractivity contribution is 9.10. The Balaban J connectivity index is 2.58. The lowest BCUT2D eigenvalue weighted by molar-refractivity contribution is 0.541. The lowest BCUT2D eigenvalue weighted by Crippen LogP contribution is -2.24. The van der Waals surface area contributed by atoms with E-state index in [4.69, 9.17) is 0 Å². The molecule has 0 fully saturated rings. The topological polar surface area (TPSA) is 29.1 Å². The third-order valence-electron chi connectivity index (χ3n) is 2.27. The summed E-state index contributed by atoms with van der Waals surface area (Å²) in [5, 5.41) is 3.14. The van der Waals surface area contributed by atoms with E-state index >= 15 is 0 Å². The molecule has 1 aromatic rings. The monoisotopic (exact) mass is 307 g/mol. The molecule has 0 heterocycles. The zero-order valence-electron chi connectivity index (χ0n) is 9.30. The lowest BCUT2D eigenvalue weighted by atomic mass is 10.1. The summed E-state index contributed by atoms with van der Waals surface area (Å²) < 4.78 is 25.2. The molecule has 2 atom stereocenters. The first-order valence-electron chi connectivity index (χ1n) is 4.99. The normalized spacial score (nSPS) is 14.8. The highest BCUT2D eigenvalue weighted by Gasteiger charge is 2.10. The van der Waals surface area contributed by atoms with Crippen LogP contribution in [-0.2, 0) is 10.8 Å². The Morgan fingerprint density at radius 2 is 2.25 bits per heavy atom. The number of halogens is 2. The molecule has 0 aromatic heterocycles. The van der Waals surface area contributed by atoms with Gasteiger partial charge in [0.15, 0.2) is 0 Å². The summed E-state index contributed by atoms with van der Waals surface area (Å²) >= 11 is 3.22. The fourth-order valence-electron chi connectivity index (χ4n) is 1.38. The van der Waals surface area contributed by atoms with Gasteiger partial charge in [0.1, 0.15) is 5.82 Å². The van der Waals surface area contributed by atoms with Gasteiger partial charge in [0.2, 0.25) is 0 Å². The maximum absolute atomic E-state index is 13.6. The number of hydrogen-bond acceptors (Lipinski definition) is 2. The zero-order chi connectivity index (χ0) is 12.1. The Hall–Kier alpha value is -0.260. The third-order valence-corrected chi connectivity index (χ3v) is 3.54. The summed E-state index contributed by atoms with van der Waals surface area (Å²) in [5.41, 5.74) is 0.630. The smallest absolute Gasteiger partial charge is 0.129 e. The number of hydrogen-bond donors (Lipinski definition) is 1. The molecule has 5 heteroatoms. The van der Waals surface area contributed by atoms with E-state index in [2.05, 4.69) is 21.2 Å². The summed E-state index contributed by atoms with van der Waals surface area (Å²) in [7, 11) is -0.811. The van der Waals surface area contributed by atoms with Gasteiger partial charge in [0, 0.05) is 45.4 Å². The van der Waals surface area contributed by atoms with Gasteiger partial charge in [-0.2, -0.15) is 0 Å². The first-order valence-corrected chi connectivity index (χ1v) is 7.51. The Morgan fingerprint density at radius 1 is 1.56 bits per heavy atom. The van der Waals surface area contributed by atoms with Crippen LogP contribution < -0.4 is 5.32 Å². The molecular weight excluding hydrogens is 293 g/mol. The Kier molecular flexibility index (Phi) is 5.58. The SMILES string of the molecule is CC(NCCS(C)=O)c1ccc(Br)cc1F. The van der Waals surface area contributed by atoms with Gasteiger partial charge < -0.3 is 5.32 Å². The van der Waals surface area contributed by atoms with Crippen LogP contribution in [0.3, 0.4) is 0 Å². The van der Waals surface area contributed by atoms with E-state index in [1.807, 2.05) is 13.0 Å². The van der Waals surface area contributed by atoms with E-state index < -0.39 is 10.8 Å². The molecule has 1 rings (SSSR count). The molecule has 90 valence electrons. The van der Waals surface area contributed by atoms with E-state index in [0.29, 0.717) is 17.9 Å². The highest BCUT2D eigenvalue weighted by atomic mass is 79.9. The second-order valence-corrected chi connectivity index (χ2v) is 6.09. The van der Waals surface area contributed by atoms with Crippen molar-refractivity contribution >= 4 is 26.7 Å². The summed E-state index contributed by atoms with van der Waals surface area (Å²) in [6.07, 6.45) is 1.66. The molecule has 0 aliphatic heterocycles. The molecule has 1 N–H and O–H groups in total. The summed E-state index contributed by atoms with van der Waals surface area (Å²) in [4.78, 5) is 0. The lowest BCUT2D eigenvalue weighted by Gasteiger charge is -2.14. The van der Waals surface area contributed by atoms with Gasteiger partial charge >= 0.3 is 0 Å². The van der Waals surface area contributed by atoms with Crippen molar-refractivity contribution in [1.82, 2.24) is 5.32 Å². The largest absolute Gasteiger partial charge is 0.309 e. The van der Waals surface area contributed by atoms with Crippen LogP contribution in [-0.4, -0.2) is 22.8 Å². The van der Waals surface area contributed by atoms with Gasteiger partial charge in [-0.1, -0.05) is 22.0 Å². The second-order valence-electron chi connectivity index (χ2n) is 3.62. The van der Waals surface area contributed by atoms with Gasteiger partial charge in [-0.15, -0.1) is 0 Å². The van der Waals surface area contributed by atoms with Crippen LogP contribution in [0.25, 0.3) is 0 Å². The van der Waals surface area contributed by atoms with Crippen molar-refractivity contribution in [2.75, 3.05) is 18.6 Å². The fourth-order valence-corrected chi connectivity index (χ4v) is 2.12. The molecule has 16 heavy (non-hydrogen) atoms. The molecule has 0 aliphatic rings.